The number of fused-ring (bicyclic) bond motifs is 1. The molecule has 36 heavy (non-hydrogen) atoms. The minimum atomic E-state index is -0.991. The molecule has 1 aliphatic carbocycles. The third-order valence-electron chi connectivity index (χ3n) is 8.25. The number of hydrogen-bond donors (Lipinski definition) is 3. The summed E-state index contributed by atoms with van der Waals surface area (Å²) in [5, 5.41) is 11.2. The molecule has 0 bridgehead atoms. The number of hydrazine groups is 1. The lowest BCUT2D eigenvalue weighted by Crippen LogP contribution is -2.32. The highest BCUT2D eigenvalue weighted by atomic mass is 32.2. The summed E-state index contributed by atoms with van der Waals surface area (Å²) < 4.78 is 15.3. The van der Waals surface area contributed by atoms with Crippen LogP contribution in [0.2, 0.25) is 0 Å². The van der Waals surface area contributed by atoms with E-state index in [9.17, 15) is 14.1 Å². The fourth-order valence-corrected chi connectivity index (χ4v) is 7.44. The molecule has 1 saturated heterocycles. The SMILES string of the molecule is Cc1ccc(C(CC(=O)O)c2ccc(N(C)N)c(N)c2C)cc1CN1CC2CCCCC2CCS1=O. The van der Waals surface area contributed by atoms with Crippen LogP contribution in [0.15, 0.2) is 30.3 Å². The van der Waals surface area contributed by atoms with Crippen LogP contribution in [0, 0.1) is 25.7 Å². The highest BCUT2D eigenvalue weighted by molar-refractivity contribution is 7.82. The van der Waals surface area contributed by atoms with Gasteiger partial charge in [-0.15, -0.1) is 0 Å². The summed E-state index contributed by atoms with van der Waals surface area (Å²) in [5.41, 5.74) is 12.6. The number of carbonyl (C=O) groups is 1. The van der Waals surface area contributed by atoms with Crippen molar-refractivity contribution in [2.45, 2.75) is 64.8 Å². The second kappa shape index (κ2) is 11.3. The van der Waals surface area contributed by atoms with E-state index in [-0.39, 0.29) is 12.3 Å². The maximum atomic E-state index is 13.2. The van der Waals surface area contributed by atoms with Crippen LogP contribution >= 0.6 is 0 Å². The average molecular weight is 513 g/mol. The Hall–Kier alpha value is -2.42. The summed E-state index contributed by atoms with van der Waals surface area (Å²) in [7, 11) is 0.739. The summed E-state index contributed by atoms with van der Waals surface area (Å²) in [6.45, 7) is 5.49. The van der Waals surface area contributed by atoms with Crippen molar-refractivity contribution >= 4 is 28.3 Å². The number of hydrogen-bond acceptors (Lipinski definition) is 5. The Morgan fingerprint density at radius 1 is 1.17 bits per heavy atom. The molecule has 7 nitrogen and oxygen atoms in total. The molecule has 2 aromatic rings. The molecule has 0 radical (unpaired) electrons. The molecule has 0 amide bonds. The van der Waals surface area contributed by atoms with Crippen LogP contribution in [0.4, 0.5) is 11.4 Å². The van der Waals surface area contributed by atoms with E-state index in [2.05, 4.69) is 23.4 Å². The molecule has 4 rings (SSSR count). The Kier molecular flexibility index (Phi) is 8.37. The van der Waals surface area contributed by atoms with E-state index in [0.29, 0.717) is 29.8 Å². The summed E-state index contributed by atoms with van der Waals surface area (Å²) in [6, 6.07) is 9.97. The van der Waals surface area contributed by atoms with E-state index in [1.165, 1.54) is 30.7 Å². The number of aliphatic carboxylic acids is 1. The largest absolute Gasteiger partial charge is 0.481 e. The van der Waals surface area contributed by atoms with E-state index >= 15 is 0 Å². The summed E-state index contributed by atoms with van der Waals surface area (Å²) in [6.07, 6.45) is 6.08. The van der Waals surface area contributed by atoms with Gasteiger partial charge in [0.25, 0.3) is 0 Å². The van der Waals surface area contributed by atoms with Gasteiger partial charge < -0.3 is 15.8 Å². The summed E-state index contributed by atoms with van der Waals surface area (Å²) in [5.74, 6) is 6.77. The zero-order valence-electron chi connectivity index (χ0n) is 21.7. The molecule has 196 valence electrons. The summed E-state index contributed by atoms with van der Waals surface area (Å²) >= 11 is 0. The third kappa shape index (κ3) is 5.76. The Morgan fingerprint density at radius 2 is 1.89 bits per heavy atom. The van der Waals surface area contributed by atoms with Crippen LogP contribution in [0.3, 0.4) is 0 Å². The van der Waals surface area contributed by atoms with Gasteiger partial charge in [-0.05, 0) is 72.4 Å². The van der Waals surface area contributed by atoms with Crippen molar-refractivity contribution in [3.05, 3.63) is 58.1 Å². The molecule has 2 aliphatic rings. The molecule has 5 N–H and O–H groups in total. The Bertz CT molecular complexity index is 1140. The first-order valence-corrected chi connectivity index (χ1v) is 14.2. The molecule has 1 saturated carbocycles. The molecular weight excluding hydrogens is 472 g/mol. The maximum absolute atomic E-state index is 13.2. The van der Waals surface area contributed by atoms with Crippen LogP contribution in [0.5, 0.6) is 0 Å². The zero-order valence-corrected chi connectivity index (χ0v) is 22.5. The standard InChI is InChI=1S/C28H40N4O3S/c1-18-8-9-21(25(15-27(33)34)24-10-11-26(31(3)30)28(29)19(24)2)14-23(18)17-32-16-22-7-5-4-6-20(22)12-13-36(32)35/h8-11,14,20,22,25H,4-7,12-13,15-17,29-30H2,1-3H3,(H,33,34). The van der Waals surface area contributed by atoms with Crippen LogP contribution in [0.1, 0.15) is 72.3 Å². The first-order chi connectivity index (χ1) is 17.2. The predicted molar refractivity (Wildman–Crippen MR) is 147 cm³/mol. The van der Waals surface area contributed by atoms with Crippen molar-refractivity contribution in [2.24, 2.45) is 17.7 Å². The number of nitrogen functional groups attached to an aromatic ring is 1. The average Bonchev–Trinajstić information content (AvgIpc) is 2.99. The first kappa shape index (κ1) is 26.6. The van der Waals surface area contributed by atoms with Crippen LogP contribution in [-0.4, -0.2) is 38.9 Å². The number of aryl methyl sites for hydroxylation is 1. The van der Waals surface area contributed by atoms with Crippen molar-refractivity contribution in [3.8, 4) is 0 Å². The monoisotopic (exact) mass is 512 g/mol. The number of nitrogens with two attached hydrogens (primary N) is 2. The third-order valence-corrected chi connectivity index (χ3v) is 9.69. The number of anilines is 2. The second-order valence-corrected chi connectivity index (χ2v) is 12.2. The van der Waals surface area contributed by atoms with Crippen molar-refractivity contribution in [1.29, 1.82) is 0 Å². The molecule has 4 atom stereocenters. The molecule has 2 aromatic carbocycles. The molecule has 1 heterocycles. The Labute approximate surface area is 217 Å². The summed E-state index contributed by atoms with van der Waals surface area (Å²) in [4.78, 5) is 11.9. The minimum Gasteiger partial charge on any atom is -0.481 e. The molecule has 2 fully saturated rings. The van der Waals surface area contributed by atoms with Crippen LogP contribution < -0.4 is 16.6 Å². The van der Waals surface area contributed by atoms with Crippen molar-refractivity contribution in [1.82, 2.24) is 4.31 Å². The lowest BCUT2D eigenvalue weighted by molar-refractivity contribution is -0.137. The Morgan fingerprint density at radius 3 is 2.58 bits per heavy atom. The second-order valence-electron chi connectivity index (χ2n) is 10.6. The Balaban J connectivity index is 1.66. The smallest absolute Gasteiger partial charge is 0.304 e. The van der Waals surface area contributed by atoms with Gasteiger partial charge in [0.2, 0.25) is 0 Å². The van der Waals surface area contributed by atoms with Crippen molar-refractivity contribution in [3.63, 3.8) is 0 Å². The zero-order chi connectivity index (χ0) is 26.0. The van der Waals surface area contributed by atoms with Gasteiger partial charge in [-0.25, -0.2) is 14.4 Å². The highest BCUT2D eigenvalue weighted by Gasteiger charge is 2.32. The molecule has 4 unspecified atom stereocenters. The van der Waals surface area contributed by atoms with Crippen molar-refractivity contribution < 1.29 is 14.1 Å². The predicted octanol–water partition coefficient (Wildman–Crippen LogP) is 4.48. The maximum Gasteiger partial charge on any atom is 0.304 e. The molecular formula is C28H40N4O3S. The normalized spacial score (nSPS) is 23.5. The van der Waals surface area contributed by atoms with Gasteiger partial charge >= 0.3 is 5.97 Å². The van der Waals surface area contributed by atoms with E-state index in [0.717, 1.165) is 46.5 Å². The van der Waals surface area contributed by atoms with Crippen molar-refractivity contribution in [2.75, 3.05) is 30.1 Å². The highest BCUT2D eigenvalue weighted by Crippen LogP contribution is 2.38. The number of nitrogens with zero attached hydrogens (tertiary/aromatic N) is 2. The van der Waals surface area contributed by atoms with E-state index in [4.69, 9.17) is 11.6 Å². The molecule has 1 aliphatic heterocycles. The molecule has 8 heteroatoms. The van der Waals surface area contributed by atoms with Crippen LogP contribution in [-0.2, 0) is 22.3 Å². The topological polar surface area (TPSA) is 113 Å². The van der Waals surface area contributed by atoms with Crippen LogP contribution in [0.25, 0.3) is 0 Å². The van der Waals surface area contributed by atoms with Gasteiger partial charge in [0, 0.05) is 31.8 Å². The van der Waals surface area contributed by atoms with Gasteiger partial charge in [0.05, 0.1) is 28.8 Å². The fourth-order valence-electron chi connectivity index (χ4n) is 6.03. The van der Waals surface area contributed by atoms with E-state index in [1.807, 2.05) is 25.1 Å². The molecule has 0 spiro atoms. The number of benzene rings is 2. The van der Waals surface area contributed by atoms with Gasteiger partial charge in [0.15, 0.2) is 0 Å². The first-order valence-electron chi connectivity index (χ1n) is 13.0. The lowest BCUT2D eigenvalue weighted by atomic mass is 9.78. The quantitative estimate of drug-likeness (QED) is 0.286. The lowest BCUT2D eigenvalue weighted by Gasteiger charge is -2.31. The minimum absolute atomic E-state index is 0.0417. The van der Waals surface area contributed by atoms with Gasteiger partial charge in [-0.1, -0.05) is 43.5 Å². The molecule has 0 aromatic heterocycles. The van der Waals surface area contributed by atoms with E-state index in [1.54, 1.807) is 7.05 Å². The van der Waals surface area contributed by atoms with Gasteiger partial charge in [-0.3, -0.25) is 4.79 Å². The number of rotatable bonds is 7. The van der Waals surface area contributed by atoms with Gasteiger partial charge in [-0.2, -0.15) is 0 Å². The number of carboxylic acids is 1. The van der Waals surface area contributed by atoms with Gasteiger partial charge in [0.1, 0.15) is 0 Å². The fraction of sp³-hybridized carbons (Fsp3) is 0.536. The van der Waals surface area contributed by atoms with E-state index < -0.39 is 17.0 Å². The number of carboxylic acid groups (broad SMARTS) is 1.